The van der Waals surface area contributed by atoms with Gasteiger partial charge in [-0.3, -0.25) is 5.73 Å². The van der Waals surface area contributed by atoms with Crippen LogP contribution in [0.5, 0.6) is 5.75 Å². The Morgan fingerprint density at radius 1 is 1.33 bits per heavy atom. The summed E-state index contributed by atoms with van der Waals surface area (Å²) in [5, 5.41) is 10.5. The Bertz CT molecular complexity index is 464. The number of hydrogen-bond acceptors (Lipinski definition) is 3. The number of nitrogens with two attached hydrogens (primary N) is 1. The normalized spacial score (nSPS) is 29.9. The molecule has 3 heteroatoms. The van der Waals surface area contributed by atoms with Gasteiger partial charge in [-0.2, -0.15) is 0 Å². The number of hydrogen-bond donors (Lipinski definition) is 2. The molecular weight excluding hydrogens is 226 g/mol. The molecule has 3 nitrogen and oxygen atoms in total. The van der Waals surface area contributed by atoms with Gasteiger partial charge >= 0.3 is 0 Å². The van der Waals surface area contributed by atoms with E-state index >= 15 is 0 Å². The van der Waals surface area contributed by atoms with Crippen LogP contribution in [0.25, 0.3) is 0 Å². The molecule has 1 aliphatic rings. The smallest absolute Gasteiger partial charge is 0.159 e. The second-order valence-corrected chi connectivity index (χ2v) is 6.11. The molecule has 1 heterocycles. The molecule has 0 aliphatic carbocycles. The lowest BCUT2D eigenvalue weighted by molar-refractivity contribution is -0.138. The summed E-state index contributed by atoms with van der Waals surface area (Å²) in [5.74, 6) is 1.12. The Kier molecular flexibility index (Phi) is 2.95. The lowest BCUT2D eigenvalue weighted by atomic mass is 9.77. The van der Waals surface area contributed by atoms with Crippen molar-refractivity contribution in [3.05, 3.63) is 29.3 Å². The zero-order chi connectivity index (χ0) is 13.7. The summed E-state index contributed by atoms with van der Waals surface area (Å²) in [6.07, 6.45) is 0. The molecule has 2 rings (SSSR count). The van der Waals surface area contributed by atoms with E-state index < -0.39 is 11.3 Å². The molecular formula is C15H23NO2. The zero-order valence-corrected chi connectivity index (χ0v) is 11.8. The minimum absolute atomic E-state index is 0.157. The highest BCUT2D eigenvalue weighted by atomic mass is 16.5. The molecule has 3 N–H and O–H groups in total. The predicted octanol–water partition coefficient (Wildman–Crippen LogP) is 2.73. The van der Waals surface area contributed by atoms with Crippen molar-refractivity contribution < 1.29 is 9.84 Å². The van der Waals surface area contributed by atoms with Crippen molar-refractivity contribution in [2.45, 2.75) is 57.8 Å². The largest absolute Gasteiger partial charge is 0.483 e. The number of fused-ring (bicyclic) bond motifs is 1. The number of aliphatic hydroxyl groups is 1. The van der Waals surface area contributed by atoms with Crippen LogP contribution in [0.1, 0.15) is 57.6 Å². The third-order valence-electron chi connectivity index (χ3n) is 4.16. The van der Waals surface area contributed by atoms with Gasteiger partial charge < -0.3 is 9.84 Å². The van der Waals surface area contributed by atoms with E-state index in [-0.39, 0.29) is 5.92 Å². The Labute approximate surface area is 109 Å². The van der Waals surface area contributed by atoms with E-state index in [0.29, 0.717) is 5.92 Å². The van der Waals surface area contributed by atoms with E-state index in [2.05, 4.69) is 26.0 Å². The maximum absolute atomic E-state index is 10.5. The van der Waals surface area contributed by atoms with Crippen molar-refractivity contribution >= 4 is 0 Å². The number of benzene rings is 1. The molecule has 1 aromatic rings. The Balaban J connectivity index is 2.54. The van der Waals surface area contributed by atoms with Crippen LogP contribution in [0.4, 0.5) is 0 Å². The second kappa shape index (κ2) is 3.97. The van der Waals surface area contributed by atoms with Gasteiger partial charge in [0, 0.05) is 11.5 Å². The van der Waals surface area contributed by atoms with Crippen molar-refractivity contribution in [2.24, 2.45) is 5.73 Å². The van der Waals surface area contributed by atoms with E-state index in [1.54, 1.807) is 0 Å². The van der Waals surface area contributed by atoms with E-state index in [1.165, 1.54) is 5.56 Å². The van der Waals surface area contributed by atoms with Gasteiger partial charge in [0.1, 0.15) is 11.4 Å². The zero-order valence-electron chi connectivity index (χ0n) is 11.8. The average molecular weight is 249 g/mol. The van der Waals surface area contributed by atoms with Crippen molar-refractivity contribution in [3.63, 3.8) is 0 Å². The molecule has 0 aromatic heterocycles. The van der Waals surface area contributed by atoms with Gasteiger partial charge in [0.05, 0.1) is 0 Å². The molecule has 0 bridgehead atoms. The summed E-state index contributed by atoms with van der Waals surface area (Å²) in [6.45, 7) is 9.89. The lowest BCUT2D eigenvalue weighted by Gasteiger charge is -2.48. The van der Waals surface area contributed by atoms with Crippen molar-refractivity contribution in [1.82, 2.24) is 0 Å². The quantitative estimate of drug-likeness (QED) is 0.752. The lowest BCUT2D eigenvalue weighted by Crippen LogP contribution is -2.65. The van der Waals surface area contributed by atoms with Crippen LogP contribution in [0, 0.1) is 0 Å². The van der Waals surface area contributed by atoms with Crippen LogP contribution in [-0.2, 0) is 0 Å². The molecule has 0 fully saturated rings. The fraction of sp³-hybridized carbons (Fsp3) is 0.600. The van der Waals surface area contributed by atoms with Crippen molar-refractivity contribution in [1.29, 1.82) is 0 Å². The summed E-state index contributed by atoms with van der Waals surface area (Å²) in [6, 6.07) is 6.16. The number of ether oxygens (including phenoxy) is 1. The first-order valence-corrected chi connectivity index (χ1v) is 6.51. The second-order valence-electron chi connectivity index (χ2n) is 6.11. The monoisotopic (exact) mass is 249 g/mol. The summed E-state index contributed by atoms with van der Waals surface area (Å²) in [4.78, 5) is 0. The first-order valence-electron chi connectivity index (χ1n) is 6.51. The highest BCUT2D eigenvalue weighted by molar-refractivity contribution is 5.44. The molecule has 0 amide bonds. The summed E-state index contributed by atoms with van der Waals surface area (Å²) < 4.78 is 5.86. The summed E-state index contributed by atoms with van der Waals surface area (Å²) in [7, 11) is 0. The fourth-order valence-electron chi connectivity index (χ4n) is 2.47. The maximum atomic E-state index is 10.5. The fourth-order valence-corrected chi connectivity index (χ4v) is 2.47. The molecule has 0 saturated carbocycles. The molecule has 0 saturated heterocycles. The van der Waals surface area contributed by atoms with Crippen LogP contribution in [0.2, 0.25) is 0 Å². The number of rotatable bonds is 1. The van der Waals surface area contributed by atoms with Gasteiger partial charge in [-0.25, -0.2) is 0 Å². The third kappa shape index (κ3) is 1.82. The molecule has 1 aromatic carbocycles. The summed E-state index contributed by atoms with van der Waals surface area (Å²) >= 11 is 0. The average Bonchev–Trinajstić information content (AvgIpc) is 2.26. The SMILES string of the molecule is CC(C)c1ccc2c(c1)C(C)C(N)(O)C(C)(C)O2. The van der Waals surface area contributed by atoms with Gasteiger partial charge in [-0.15, -0.1) is 0 Å². The van der Waals surface area contributed by atoms with E-state index in [9.17, 15) is 5.11 Å². The molecule has 1 aliphatic heterocycles. The molecule has 18 heavy (non-hydrogen) atoms. The van der Waals surface area contributed by atoms with Crippen LogP contribution >= 0.6 is 0 Å². The molecule has 0 radical (unpaired) electrons. The van der Waals surface area contributed by atoms with E-state index in [0.717, 1.165) is 11.3 Å². The van der Waals surface area contributed by atoms with Crippen LogP contribution in [0.3, 0.4) is 0 Å². The van der Waals surface area contributed by atoms with E-state index in [4.69, 9.17) is 10.5 Å². The predicted molar refractivity (Wildman–Crippen MR) is 72.8 cm³/mol. The molecule has 2 unspecified atom stereocenters. The third-order valence-corrected chi connectivity index (χ3v) is 4.16. The first kappa shape index (κ1) is 13.4. The van der Waals surface area contributed by atoms with Gasteiger partial charge in [-0.05, 0) is 31.4 Å². The van der Waals surface area contributed by atoms with Gasteiger partial charge in [0.25, 0.3) is 0 Å². The first-order chi connectivity index (χ1) is 8.17. The molecule has 0 spiro atoms. The minimum Gasteiger partial charge on any atom is -0.483 e. The maximum Gasteiger partial charge on any atom is 0.159 e. The topological polar surface area (TPSA) is 55.5 Å². The Morgan fingerprint density at radius 2 is 1.94 bits per heavy atom. The van der Waals surface area contributed by atoms with E-state index in [1.807, 2.05) is 26.8 Å². The minimum atomic E-state index is -1.37. The molecule has 2 atom stereocenters. The molecule has 100 valence electrons. The van der Waals surface area contributed by atoms with Crippen molar-refractivity contribution in [2.75, 3.05) is 0 Å². The Morgan fingerprint density at radius 3 is 2.50 bits per heavy atom. The highest BCUT2D eigenvalue weighted by Gasteiger charge is 2.51. The standard InChI is InChI=1S/C15H23NO2/c1-9(2)11-6-7-13-12(8-11)10(3)15(16,17)14(4,5)18-13/h6-10,17H,16H2,1-5H3. The van der Waals surface area contributed by atoms with Gasteiger partial charge in [0.15, 0.2) is 5.72 Å². The van der Waals surface area contributed by atoms with Crippen LogP contribution < -0.4 is 10.5 Å². The summed E-state index contributed by atoms with van der Waals surface area (Å²) in [5.41, 5.74) is 6.14. The van der Waals surface area contributed by atoms with Crippen LogP contribution in [-0.4, -0.2) is 16.4 Å². The van der Waals surface area contributed by atoms with Crippen molar-refractivity contribution in [3.8, 4) is 5.75 Å². The Hall–Kier alpha value is -1.06. The van der Waals surface area contributed by atoms with Gasteiger partial charge in [-0.1, -0.05) is 32.9 Å². The highest BCUT2D eigenvalue weighted by Crippen LogP contribution is 2.45. The van der Waals surface area contributed by atoms with Gasteiger partial charge in [0.2, 0.25) is 0 Å². The van der Waals surface area contributed by atoms with Crippen LogP contribution in [0.15, 0.2) is 18.2 Å².